The molecule has 2 fully saturated rings. The van der Waals surface area contributed by atoms with Crippen molar-refractivity contribution in [2.75, 3.05) is 0 Å². The van der Waals surface area contributed by atoms with Crippen molar-refractivity contribution in [1.82, 2.24) is 0 Å². The van der Waals surface area contributed by atoms with Gasteiger partial charge in [-0.3, -0.25) is 23.3 Å². The van der Waals surface area contributed by atoms with E-state index in [0.717, 1.165) is 38.5 Å². The summed E-state index contributed by atoms with van der Waals surface area (Å²) in [6.45, 7) is 13.3. The molecule has 29 heavy (non-hydrogen) atoms. The van der Waals surface area contributed by atoms with Gasteiger partial charge in [0.2, 0.25) is 0 Å². The molecular weight excluding hydrogens is 384 g/mol. The Kier molecular flexibility index (Phi) is 24.3. The number of hydrogen-bond acceptors (Lipinski definition) is 0. The summed E-state index contributed by atoms with van der Waals surface area (Å²) in [5.74, 6) is 0. The minimum Gasteiger partial charge on any atom is -0.273 e. The summed E-state index contributed by atoms with van der Waals surface area (Å²) in [6, 6.07) is 0. The third-order valence-corrected chi connectivity index (χ3v) is 4.40. The zero-order valence-electron chi connectivity index (χ0n) is 19.5. The van der Waals surface area contributed by atoms with E-state index in [1.807, 2.05) is 64.2 Å². The quantitative estimate of drug-likeness (QED) is 0.209. The molecule has 156 valence electrons. The van der Waals surface area contributed by atoms with Crippen LogP contribution in [0, 0.1) is 76.4 Å². The molecule has 0 N–H and O–H groups in total. The van der Waals surface area contributed by atoms with Gasteiger partial charge in [-0.05, 0) is 64.2 Å². The summed E-state index contributed by atoms with van der Waals surface area (Å²) in [5.41, 5.74) is 5.86. The number of hydrogen-bond donors (Lipinski definition) is 0. The summed E-state index contributed by atoms with van der Waals surface area (Å²) < 4.78 is 0. The van der Waals surface area contributed by atoms with Crippen molar-refractivity contribution in [3.63, 3.8) is 0 Å². The molecule has 0 aromatic carbocycles. The summed E-state index contributed by atoms with van der Waals surface area (Å²) in [4.78, 5) is 0. The first kappa shape index (κ1) is 31.1. The third kappa shape index (κ3) is 14.6. The van der Waals surface area contributed by atoms with Crippen LogP contribution in [0.15, 0.2) is 22.3 Å². The van der Waals surface area contributed by atoms with E-state index in [4.69, 9.17) is 0 Å². The van der Waals surface area contributed by atoms with Gasteiger partial charge < -0.3 is 0 Å². The Morgan fingerprint density at radius 3 is 0.828 bits per heavy atom. The van der Waals surface area contributed by atoms with Gasteiger partial charge in [0, 0.05) is 0 Å². The molecule has 0 unspecified atom stereocenters. The topological polar surface area (TPSA) is 0 Å². The molecule has 0 bridgehead atoms. The first-order valence-electron chi connectivity index (χ1n) is 10.9. The molecule has 2 aliphatic rings. The van der Waals surface area contributed by atoms with Gasteiger partial charge in [-0.2, -0.15) is 0 Å². The minimum absolute atomic E-state index is 0. The number of allylic oxidation sites excluding steroid dienone is 6. The van der Waals surface area contributed by atoms with Crippen LogP contribution >= 0.6 is 0 Å². The maximum Gasteiger partial charge on any atom is 2.00 e. The van der Waals surface area contributed by atoms with Crippen molar-refractivity contribution in [1.29, 1.82) is 0 Å². The first-order chi connectivity index (χ1) is 13.7. The van der Waals surface area contributed by atoms with Crippen LogP contribution in [0.25, 0.3) is 0 Å². The maximum atomic E-state index is 3.54. The zero-order chi connectivity index (χ0) is 21.0. The van der Waals surface area contributed by atoms with Gasteiger partial charge in [-0.1, -0.05) is 54.4 Å². The smallest absolute Gasteiger partial charge is 0.273 e. The van der Waals surface area contributed by atoms with Gasteiger partial charge >= 0.3 is 21.7 Å². The van der Waals surface area contributed by atoms with Crippen molar-refractivity contribution in [3.05, 3.63) is 98.7 Å². The van der Waals surface area contributed by atoms with Crippen molar-refractivity contribution < 1.29 is 21.7 Å². The van der Waals surface area contributed by atoms with E-state index in [1.54, 1.807) is 0 Å². The van der Waals surface area contributed by atoms with Crippen molar-refractivity contribution in [2.45, 2.75) is 80.1 Å². The fourth-order valence-corrected chi connectivity index (χ4v) is 3.18. The first-order valence-corrected chi connectivity index (χ1v) is 10.9. The summed E-state index contributed by atoms with van der Waals surface area (Å²) in [6.07, 6.45) is 33.5. The summed E-state index contributed by atoms with van der Waals surface area (Å²) in [5, 5.41) is 0. The average Bonchev–Trinajstić information content (AvgIpc) is 3.47. The zero-order valence-corrected chi connectivity index (χ0v) is 21.1. The van der Waals surface area contributed by atoms with E-state index >= 15 is 0 Å². The van der Waals surface area contributed by atoms with E-state index in [2.05, 4.69) is 53.7 Å². The van der Waals surface area contributed by atoms with E-state index in [0.29, 0.717) is 0 Å². The Morgan fingerprint density at radius 1 is 0.448 bits per heavy atom. The SMILES string of the molecule is CC[C-]=C(CC)/C(CC)=C(/CC)C(=[C-]CC)CC.[CH]1[CH][CH][CH][CH]1.[CH]1[CH][CH][CH][CH]1.[Ti+2]. The van der Waals surface area contributed by atoms with Crippen molar-refractivity contribution in [3.8, 4) is 0 Å². The largest absolute Gasteiger partial charge is 2.00 e. The minimum atomic E-state index is 0. The fraction of sp³-hybridized carbons (Fsp3) is 0.429. The normalized spacial score (nSPS) is 17.4. The predicted molar refractivity (Wildman–Crippen MR) is 125 cm³/mol. The molecule has 10 radical (unpaired) electrons. The maximum absolute atomic E-state index is 3.54. The molecule has 0 amide bonds. The van der Waals surface area contributed by atoms with Gasteiger partial charge in [-0.15, -0.1) is 25.7 Å². The van der Waals surface area contributed by atoms with Crippen molar-refractivity contribution in [2.24, 2.45) is 0 Å². The molecule has 0 atom stereocenters. The van der Waals surface area contributed by atoms with E-state index < -0.39 is 0 Å². The van der Waals surface area contributed by atoms with Crippen LogP contribution in [0.5, 0.6) is 0 Å². The Labute approximate surface area is 200 Å². The van der Waals surface area contributed by atoms with Crippen molar-refractivity contribution >= 4 is 0 Å². The molecule has 2 aliphatic carbocycles. The van der Waals surface area contributed by atoms with Gasteiger partial charge in [0.15, 0.2) is 0 Å². The molecule has 2 saturated carbocycles. The van der Waals surface area contributed by atoms with Crippen LogP contribution < -0.4 is 0 Å². The Bertz CT molecular complexity index is 388. The van der Waals surface area contributed by atoms with Gasteiger partial charge in [-0.25, -0.2) is 11.1 Å². The average molecular weight is 424 g/mol. The second-order valence-electron chi connectivity index (χ2n) is 6.31. The molecule has 0 nitrogen and oxygen atoms in total. The third-order valence-electron chi connectivity index (χ3n) is 4.40. The summed E-state index contributed by atoms with van der Waals surface area (Å²) >= 11 is 0. The predicted octanol–water partition coefficient (Wildman–Crippen LogP) is 8.24. The molecule has 0 aromatic rings. The second kappa shape index (κ2) is 22.6. The Hall–Kier alpha value is -0.0657. The van der Waals surface area contributed by atoms with Crippen LogP contribution in [-0.4, -0.2) is 0 Å². The monoisotopic (exact) mass is 424 g/mol. The Morgan fingerprint density at radius 2 is 0.690 bits per heavy atom. The molecule has 0 aromatic heterocycles. The molecule has 2 rings (SSSR count). The summed E-state index contributed by atoms with van der Waals surface area (Å²) in [7, 11) is 0. The number of rotatable bonds is 8. The molecule has 1 heteroatoms. The second-order valence-corrected chi connectivity index (χ2v) is 6.31. The van der Waals surface area contributed by atoms with Crippen LogP contribution in [-0.2, 0) is 21.7 Å². The molecule has 0 spiro atoms. The standard InChI is InChI=1S/C18H30.2C5H5.Ti/c1-7-13-15(9-3)17(11-5)18(12-6)16(10-4)14-8-2;2*1-2-4-5-3-1;/h7-12H2,1-6H3;2*1-5H;/q-2;;;+2/b18-17-;;;. The fourth-order valence-electron chi connectivity index (χ4n) is 3.18. The van der Waals surface area contributed by atoms with Crippen LogP contribution in [0.3, 0.4) is 0 Å². The van der Waals surface area contributed by atoms with Crippen LogP contribution in [0.1, 0.15) is 80.1 Å². The van der Waals surface area contributed by atoms with Gasteiger partial charge in [0.1, 0.15) is 0 Å². The molecule has 0 aliphatic heterocycles. The van der Waals surface area contributed by atoms with Gasteiger partial charge in [0.05, 0.1) is 0 Å². The molecule has 0 saturated heterocycles. The van der Waals surface area contributed by atoms with E-state index in [9.17, 15) is 0 Å². The Balaban J connectivity index is 0. The molecule has 0 heterocycles. The van der Waals surface area contributed by atoms with Crippen LogP contribution in [0.2, 0.25) is 0 Å². The van der Waals surface area contributed by atoms with Crippen LogP contribution in [0.4, 0.5) is 0 Å². The van der Waals surface area contributed by atoms with E-state index in [-0.39, 0.29) is 21.7 Å². The molecular formula is C28H40Ti. The van der Waals surface area contributed by atoms with E-state index in [1.165, 1.54) is 22.3 Å². The van der Waals surface area contributed by atoms with Gasteiger partial charge in [0.25, 0.3) is 0 Å².